The third kappa shape index (κ3) is 2.25. The molecule has 2 aromatic heterocycles. The van der Waals surface area contributed by atoms with E-state index >= 15 is 0 Å². The summed E-state index contributed by atoms with van der Waals surface area (Å²) in [6.45, 7) is 2.53. The zero-order valence-corrected chi connectivity index (χ0v) is 13.6. The van der Waals surface area contributed by atoms with Gasteiger partial charge in [-0.2, -0.15) is 0 Å². The van der Waals surface area contributed by atoms with Gasteiger partial charge >= 0.3 is 5.97 Å². The zero-order valence-electron chi connectivity index (χ0n) is 12.8. The topological polar surface area (TPSA) is 85.1 Å². The summed E-state index contributed by atoms with van der Waals surface area (Å²) in [6.07, 6.45) is 2.74. The Balaban J connectivity index is 1.93. The van der Waals surface area contributed by atoms with E-state index in [4.69, 9.17) is 5.11 Å². The van der Waals surface area contributed by atoms with Gasteiger partial charge in [0.2, 0.25) is 0 Å². The van der Waals surface area contributed by atoms with E-state index in [1.54, 1.807) is 21.4 Å². The van der Waals surface area contributed by atoms with Gasteiger partial charge < -0.3 is 5.11 Å². The molecule has 0 saturated carbocycles. The maximum atomic E-state index is 12.7. The molecule has 120 valence electrons. The van der Waals surface area contributed by atoms with Crippen LogP contribution < -0.4 is 5.56 Å². The summed E-state index contributed by atoms with van der Waals surface area (Å²) >= 11 is 1.54. The van der Waals surface area contributed by atoms with Crippen molar-refractivity contribution in [3.05, 3.63) is 56.0 Å². The number of rotatable bonds is 2. The smallest absolute Gasteiger partial charge is 0.335 e. The Morgan fingerprint density at radius 3 is 2.96 bits per heavy atom. The number of carboxylic acid groups (broad SMARTS) is 1. The third-order valence-electron chi connectivity index (χ3n) is 4.18. The van der Waals surface area contributed by atoms with E-state index in [0.29, 0.717) is 23.3 Å². The quantitative estimate of drug-likeness (QED) is 0.776. The zero-order chi connectivity index (χ0) is 16.8. The predicted octanol–water partition coefficient (Wildman–Crippen LogP) is 2.80. The Morgan fingerprint density at radius 2 is 2.25 bits per heavy atom. The molecule has 3 aromatic rings. The number of aromatic carboxylic acids is 1. The van der Waals surface area contributed by atoms with Gasteiger partial charge in [0, 0.05) is 6.54 Å². The molecule has 0 spiro atoms. The highest BCUT2D eigenvalue weighted by Crippen LogP contribution is 2.29. The van der Waals surface area contributed by atoms with Crippen LogP contribution in [0.3, 0.4) is 0 Å². The number of fused-ring (bicyclic) bond motifs is 2. The lowest BCUT2D eigenvalue weighted by Gasteiger charge is -2.06. The minimum atomic E-state index is -1.03. The fourth-order valence-electron chi connectivity index (χ4n) is 2.90. The van der Waals surface area contributed by atoms with Crippen LogP contribution in [0.1, 0.15) is 33.2 Å². The minimum absolute atomic E-state index is 0.126. The summed E-state index contributed by atoms with van der Waals surface area (Å²) in [7, 11) is 0. The van der Waals surface area contributed by atoms with Crippen molar-refractivity contribution in [3.63, 3.8) is 0 Å². The molecule has 1 aliphatic heterocycles. The second-order valence-corrected chi connectivity index (χ2v) is 6.54. The highest BCUT2D eigenvalue weighted by molar-refractivity contribution is 7.10. The van der Waals surface area contributed by atoms with Crippen LogP contribution in [0.2, 0.25) is 0 Å². The molecule has 1 N–H and O–H groups in total. The first kappa shape index (κ1) is 14.8. The van der Waals surface area contributed by atoms with Crippen LogP contribution >= 0.6 is 11.3 Å². The second-order valence-electron chi connectivity index (χ2n) is 5.65. The average molecular weight is 339 g/mol. The third-order valence-corrected chi connectivity index (χ3v) is 5.06. The van der Waals surface area contributed by atoms with E-state index in [1.807, 2.05) is 13.0 Å². The molecule has 0 saturated heterocycles. The number of carbonyl (C=O) groups is 1. The van der Waals surface area contributed by atoms with Crippen molar-refractivity contribution in [3.8, 4) is 0 Å². The first-order valence-corrected chi connectivity index (χ1v) is 8.31. The van der Waals surface area contributed by atoms with Crippen molar-refractivity contribution in [2.45, 2.75) is 19.9 Å². The van der Waals surface area contributed by atoms with Crippen LogP contribution in [0, 0.1) is 6.92 Å². The number of hydrogen-bond acceptors (Lipinski definition) is 5. The molecule has 0 unspecified atom stereocenters. The Bertz CT molecular complexity index is 1080. The summed E-state index contributed by atoms with van der Waals surface area (Å²) < 4.78 is 1.66. The molecule has 0 bridgehead atoms. The number of benzene rings is 1. The number of thiazole rings is 1. The molecular weight excluding hydrogens is 326 g/mol. The van der Waals surface area contributed by atoms with Crippen molar-refractivity contribution in [2.24, 2.45) is 0 Å². The SMILES string of the molecule is Cc1ncsc1C=C1CCn2c1nc1cc(C(=O)O)ccc1c2=O. The van der Waals surface area contributed by atoms with Gasteiger partial charge in [0.25, 0.3) is 5.56 Å². The Labute approximate surface area is 140 Å². The molecule has 6 nitrogen and oxygen atoms in total. The molecule has 0 amide bonds. The van der Waals surface area contributed by atoms with Gasteiger partial charge in [-0.1, -0.05) is 0 Å². The van der Waals surface area contributed by atoms with E-state index in [-0.39, 0.29) is 11.1 Å². The minimum Gasteiger partial charge on any atom is -0.478 e. The molecule has 1 aliphatic rings. The Hall–Kier alpha value is -2.80. The van der Waals surface area contributed by atoms with Crippen LogP contribution in [0.15, 0.2) is 28.5 Å². The van der Waals surface area contributed by atoms with Gasteiger partial charge in [0.1, 0.15) is 5.82 Å². The van der Waals surface area contributed by atoms with Crippen LogP contribution in [-0.2, 0) is 6.54 Å². The fraction of sp³-hybridized carbons (Fsp3) is 0.176. The van der Waals surface area contributed by atoms with E-state index in [0.717, 1.165) is 22.6 Å². The van der Waals surface area contributed by atoms with Gasteiger partial charge in [0.05, 0.1) is 32.5 Å². The van der Waals surface area contributed by atoms with Crippen molar-refractivity contribution >= 4 is 39.9 Å². The standard InChI is InChI=1S/C17H13N3O3S/c1-9-14(24-8-18-9)7-10-4-5-20-15(10)19-13-6-11(17(22)23)2-3-12(13)16(20)21/h2-3,6-8H,4-5H2,1H3,(H,22,23). The van der Waals surface area contributed by atoms with E-state index in [9.17, 15) is 9.59 Å². The normalized spacial score (nSPS) is 15.1. The number of aromatic nitrogens is 3. The Morgan fingerprint density at radius 1 is 1.42 bits per heavy atom. The van der Waals surface area contributed by atoms with Gasteiger partial charge in [0.15, 0.2) is 0 Å². The van der Waals surface area contributed by atoms with Gasteiger partial charge in [-0.15, -0.1) is 11.3 Å². The molecular formula is C17H13N3O3S. The number of hydrogen-bond donors (Lipinski definition) is 1. The highest BCUT2D eigenvalue weighted by atomic mass is 32.1. The second kappa shape index (κ2) is 5.38. The number of aryl methyl sites for hydroxylation is 1. The first-order chi connectivity index (χ1) is 11.5. The molecule has 7 heteroatoms. The largest absolute Gasteiger partial charge is 0.478 e. The van der Waals surface area contributed by atoms with Crippen LogP contribution in [0.25, 0.3) is 22.6 Å². The fourth-order valence-corrected chi connectivity index (χ4v) is 3.65. The van der Waals surface area contributed by atoms with E-state index in [2.05, 4.69) is 9.97 Å². The van der Waals surface area contributed by atoms with Gasteiger partial charge in [-0.25, -0.2) is 14.8 Å². The highest BCUT2D eigenvalue weighted by Gasteiger charge is 2.21. The predicted molar refractivity (Wildman–Crippen MR) is 92.3 cm³/mol. The average Bonchev–Trinajstić information content (AvgIpc) is 3.15. The lowest BCUT2D eigenvalue weighted by Crippen LogP contribution is -2.20. The first-order valence-electron chi connectivity index (χ1n) is 7.43. The van der Waals surface area contributed by atoms with Crippen molar-refractivity contribution in [1.29, 1.82) is 0 Å². The van der Waals surface area contributed by atoms with E-state index < -0.39 is 5.97 Å². The molecule has 24 heavy (non-hydrogen) atoms. The lowest BCUT2D eigenvalue weighted by atomic mass is 10.1. The number of allylic oxidation sites excluding steroid dienone is 1. The van der Waals surface area contributed by atoms with Crippen molar-refractivity contribution < 1.29 is 9.90 Å². The summed E-state index contributed by atoms with van der Waals surface area (Å²) in [6, 6.07) is 4.43. The summed E-state index contributed by atoms with van der Waals surface area (Å²) in [4.78, 5) is 33.7. The monoisotopic (exact) mass is 339 g/mol. The summed E-state index contributed by atoms with van der Waals surface area (Å²) in [5, 5.41) is 9.58. The molecule has 0 atom stereocenters. The van der Waals surface area contributed by atoms with Crippen LogP contribution in [-0.4, -0.2) is 25.6 Å². The maximum Gasteiger partial charge on any atom is 0.335 e. The molecule has 1 aromatic carbocycles. The van der Waals surface area contributed by atoms with Gasteiger partial charge in [-0.3, -0.25) is 9.36 Å². The van der Waals surface area contributed by atoms with Crippen molar-refractivity contribution in [2.75, 3.05) is 0 Å². The van der Waals surface area contributed by atoms with Crippen LogP contribution in [0.5, 0.6) is 0 Å². The summed E-state index contributed by atoms with van der Waals surface area (Å²) in [5.74, 6) is -0.418. The van der Waals surface area contributed by atoms with Crippen molar-refractivity contribution in [1.82, 2.24) is 14.5 Å². The molecule has 0 radical (unpaired) electrons. The lowest BCUT2D eigenvalue weighted by molar-refractivity contribution is 0.0697. The number of nitrogens with zero attached hydrogens (tertiary/aromatic N) is 3. The van der Waals surface area contributed by atoms with Gasteiger partial charge in [-0.05, 0) is 43.2 Å². The maximum absolute atomic E-state index is 12.7. The summed E-state index contributed by atoms with van der Waals surface area (Å²) in [5.41, 5.74) is 4.12. The van der Waals surface area contributed by atoms with Crippen LogP contribution in [0.4, 0.5) is 0 Å². The molecule has 0 fully saturated rings. The van der Waals surface area contributed by atoms with E-state index in [1.165, 1.54) is 18.2 Å². The molecule has 3 heterocycles. The number of carboxylic acids is 1. The molecule has 0 aliphatic carbocycles. The molecule has 4 rings (SSSR count). The Kier molecular flexibility index (Phi) is 3.31.